The number of nitrogens with zero attached hydrogens (tertiary/aromatic N) is 1. The lowest BCUT2D eigenvalue weighted by molar-refractivity contribution is -0.131. The van der Waals surface area contributed by atoms with Crippen molar-refractivity contribution < 1.29 is 19.0 Å². The summed E-state index contributed by atoms with van der Waals surface area (Å²) >= 11 is 6.04. The van der Waals surface area contributed by atoms with Gasteiger partial charge in [-0.1, -0.05) is 23.7 Å². The summed E-state index contributed by atoms with van der Waals surface area (Å²) in [5, 5.41) is 3.84. The van der Waals surface area contributed by atoms with Gasteiger partial charge in [-0.05, 0) is 31.2 Å². The van der Waals surface area contributed by atoms with Crippen LogP contribution in [-0.2, 0) is 11.3 Å². The number of methoxy groups -OCH3 is 1. The van der Waals surface area contributed by atoms with Gasteiger partial charge >= 0.3 is 0 Å². The van der Waals surface area contributed by atoms with Crippen LogP contribution in [0.25, 0.3) is 0 Å². The van der Waals surface area contributed by atoms with Gasteiger partial charge in [0.25, 0.3) is 0 Å². The van der Waals surface area contributed by atoms with Crippen molar-refractivity contribution in [3.63, 3.8) is 0 Å². The van der Waals surface area contributed by atoms with Gasteiger partial charge in [0, 0.05) is 36.6 Å². The molecule has 2 aromatic carbocycles. The fourth-order valence-corrected chi connectivity index (χ4v) is 3.29. The van der Waals surface area contributed by atoms with Crippen LogP contribution in [0.4, 0.5) is 5.69 Å². The molecule has 7 heteroatoms. The number of nitrogens with one attached hydrogen (secondary N) is 1. The van der Waals surface area contributed by atoms with Gasteiger partial charge in [-0.25, -0.2) is 0 Å². The summed E-state index contributed by atoms with van der Waals surface area (Å²) in [7, 11) is 1.60. The zero-order chi connectivity index (χ0) is 19.9. The molecule has 0 unspecified atom stereocenters. The van der Waals surface area contributed by atoms with Crippen molar-refractivity contribution in [2.45, 2.75) is 19.9 Å². The third-order valence-electron chi connectivity index (χ3n) is 4.56. The van der Waals surface area contributed by atoms with Crippen LogP contribution in [0.15, 0.2) is 36.4 Å². The second-order valence-electron chi connectivity index (χ2n) is 6.37. The molecule has 0 fully saturated rings. The number of carbonyl (C=O) groups is 1. The molecule has 0 aliphatic carbocycles. The minimum absolute atomic E-state index is 0.0605. The highest BCUT2D eigenvalue weighted by Crippen LogP contribution is 2.34. The summed E-state index contributed by atoms with van der Waals surface area (Å²) in [4.78, 5) is 14.5. The van der Waals surface area contributed by atoms with Crippen LogP contribution in [0.1, 0.15) is 18.9 Å². The van der Waals surface area contributed by atoms with E-state index in [0.29, 0.717) is 50.0 Å². The normalized spacial score (nSPS) is 12.4. The van der Waals surface area contributed by atoms with Gasteiger partial charge in [-0.15, -0.1) is 0 Å². The number of anilines is 1. The van der Waals surface area contributed by atoms with Crippen molar-refractivity contribution in [3.8, 4) is 17.2 Å². The van der Waals surface area contributed by atoms with E-state index in [0.717, 1.165) is 22.7 Å². The van der Waals surface area contributed by atoms with Crippen molar-refractivity contribution in [3.05, 3.63) is 47.0 Å². The summed E-state index contributed by atoms with van der Waals surface area (Å²) in [5.41, 5.74) is 1.73. The molecular weight excluding hydrogens is 380 g/mol. The van der Waals surface area contributed by atoms with Crippen LogP contribution >= 0.6 is 11.6 Å². The molecule has 0 saturated carbocycles. The Balaban J connectivity index is 1.60. The smallest absolute Gasteiger partial charge is 0.224 e. The van der Waals surface area contributed by atoms with E-state index in [9.17, 15) is 4.79 Å². The Morgan fingerprint density at radius 1 is 1.25 bits per heavy atom. The lowest BCUT2D eigenvalue weighted by Gasteiger charge is -2.25. The summed E-state index contributed by atoms with van der Waals surface area (Å²) in [6.07, 6.45) is 0.357. The number of hydrogen-bond donors (Lipinski definition) is 1. The average molecular weight is 405 g/mol. The van der Waals surface area contributed by atoms with Gasteiger partial charge in [-0.2, -0.15) is 0 Å². The van der Waals surface area contributed by atoms with Gasteiger partial charge in [0.15, 0.2) is 11.5 Å². The highest BCUT2D eigenvalue weighted by molar-refractivity contribution is 6.30. The Labute approximate surface area is 170 Å². The molecule has 0 bridgehead atoms. The molecule has 0 saturated heterocycles. The Morgan fingerprint density at radius 3 is 2.86 bits per heavy atom. The van der Waals surface area contributed by atoms with Crippen LogP contribution < -0.4 is 19.5 Å². The van der Waals surface area contributed by atoms with Crippen molar-refractivity contribution >= 4 is 23.2 Å². The van der Waals surface area contributed by atoms with Crippen LogP contribution in [0, 0.1) is 0 Å². The topological polar surface area (TPSA) is 60.0 Å². The van der Waals surface area contributed by atoms with Gasteiger partial charge in [0.05, 0.1) is 12.8 Å². The number of hydrogen-bond acceptors (Lipinski definition) is 5. The summed E-state index contributed by atoms with van der Waals surface area (Å²) in [6.45, 7) is 4.63. The van der Waals surface area contributed by atoms with Gasteiger partial charge < -0.3 is 24.4 Å². The standard InChI is InChI=1S/C21H25ClN2O4/c1-3-24(14-15-5-4-6-19-21(15)28-12-11-27-19)20(25)9-10-23-17-13-16(22)7-8-18(17)26-2/h4-8,13,23H,3,9-12,14H2,1-2H3. The number of fused-ring (bicyclic) bond motifs is 1. The molecule has 0 aromatic heterocycles. The van der Waals surface area contributed by atoms with Gasteiger partial charge in [0.1, 0.15) is 19.0 Å². The molecule has 1 N–H and O–H groups in total. The predicted molar refractivity (Wildman–Crippen MR) is 110 cm³/mol. The zero-order valence-electron chi connectivity index (χ0n) is 16.2. The minimum Gasteiger partial charge on any atom is -0.495 e. The second kappa shape index (κ2) is 9.55. The molecule has 6 nitrogen and oxygen atoms in total. The van der Waals surface area contributed by atoms with Gasteiger partial charge in [-0.3, -0.25) is 4.79 Å². The summed E-state index contributed by atoms with van der Waals surface area (Å²) in [6, 6.07) is 11.1. The first-order valence-electron chi connectivity index (χ1n) is 9.35. The Bertz CT molecular complexity index is 828. The number of benzene rings is 2. The van der Waals surface area contributed by atoms with Crippen molar-refractivity contribution in [1.29, 1.82) is 0 Å². The zero-order valence-corrected chi connectivity index (χ0v) is 16.9. The molecule has 1 heterocycles. The molecule has 3 rings (SSSR count). The van der Waals surface area contributed by atoms with Crippen LogP contribution in [0.2, 0.25) is 5.02 Å². The highest BCUT2D eigenvalue weighted by Gasteiger charge is 2.19. The number of rotatable bonds is 8. The van der Waals surface area contributed by atoms with E-state index in [1.54, 1.807) is 25.3 Å². The van der Waals surface area contributed by atoms with E-state index in [-0.39, 0.29) is 5.91 Å². The summed E-state index contributed by atoms with van der Waals surface area (Å²) in [5.74, 6) is 2.23. The Kier molecular flexibility index (Phi) is 6.87. The lowest BCUT2D eigenvalue weighted by atomic mass is 10.1. The quantitative estimate of drug-likeness (QED) is 0.721. The summed E-state index contributed by atoms with van der Waals surface area (Å²) < 4.78 is 16.7. The Hall–Kier alpha value is -2.60. The average Bonchev–Trinajstić information content (AvgIpc) is 2.72. The molecule has 150 valence electrons. The first-order valence-corrected chi connectivity index (χ1v) is 9.72. The SMILES string of the molecule is CCN(Cc1cccc2c1OCCO2)C(=O)CCNc1cc(Cl)ccc1OC. The van der Waals surface area contributed by atoms with E-state index in [1.165, 1.54) is 0 Å². The molecule has 0 atom stereocenters. The van der Waals surface area contributed by atoms with E-state index in [2.05, 4.69) is 5.32 Å². The maximum Gasteiger partial charge on any atom is 0.224 e. The number of amides is 1. The van der Waals surface area contributed by atoms with Crippen molar-refractivity contribution in [1.82, 2.24) is 4.90 Å². The third-order valence-corrected chi connectivity index (χ3v) is 4.79. The van der Waals surface area contributed by atoms with Crippen LogP contribution in [0.5, 0.6) is 17.2 Å². The maximum atomic E-state index is 12.7. The largest absolute Gasteiger partial charge is 0.495 e. The third kappa shape index (κ3) is 4.81. The molecule has 28 heavy (non-hydrogen) atoms. The first kappa shape index (κ1) is 20.1. The van der Waals surface area contributed by atoms with Gasteiger partial charge in [0.2, 0.25) is 5.91 Å². The van der Waals surface area contributed by atoms with E-state index < -0.39 is 0 Å². The second-order valence-corrected chi connectivity index (χ2v) is 6.81. The first-order chi connectivity index (χ1) is 13.6. The maximum absolute atomic E-state index is 12.7. The van der Waals surface area contributed by atoms with Crippen LogP contribution in [-0.4, -0.2) is 44.2 Å². The minimum atomic E-state index is 0.0605. The monoisotopic (exact) mass is 404 g/mol. The fourth-order valence-electron chi connectivity index (χ4n) is 3.12. The number of carbonyl (C=O) groups excluding carboxylic acids is 1. The molecule has 0 spiro atoms. The van der Waals surface area contributed by atoms with E-state index in [4.69, 9.17) is 25.8 Å². The van der Waals surface area contributed by atoms with Crippen LogP contribution in [0.3, 0.4) is 0 Å². The number of para-hydroxylation sites is 1. The molecule has 1 aliphatic rings. The molecular formula is C21H25ClN2O4. The van der Waals surface area contributed by atoms with E-state index in [1.807, 2.05) is 30.0 Å². The molecule has 1 amide bonds. The molecule has 2 aromatic rings. The number of halogens is 1. The molecule has 1 aliphatic heterocycles. The Morgan fingerprint density at radius 2 is 2.07 bits per heavy atom. The predicted octanol–water partition coefficient (Wildman–Crippen LogP) is 3.97. The van der Waals surface area contributed by atoms with Crippen molar-refractivity contribution in [2.24, 2.45) is 0 Å². The van der Waals surface area contributed by atoms with Crippen molar-refractivity contribution in [2.75, 3.05) is 38.7 Å². The number of ether oxygens (including phenoxy) is 3. The lowest BCUT2D eigenvalue weighted by Crippen LogP contribution is -2.32. The molecule has 0 radical (unpaired) electrons. The van der Waals surface area contributed by atoms with E-state index >= 15 is 0 Å². The highest BCUT2D eigenvalue weighted by atomic mass is 35.5. The fraction of sp³-hybridized carbons (Fsp3) is 0.381.